The highest BCUT2D eigenvalue weighted by Crippen LogP contribution is 2.24. The number of nitrogen functional groups attached to an aromatic ring is 1. The summed E-state index contributed by atoms with van der Waals surface area (Å²) in [5.41, 5.74) is 8.55. The molecule has 2 amide bonds. The van der Waals surface area contributed by atoms with E-state index in [1.54, 1.807) is 42.5 Å². The quantitative estimate of drug-likeness (QED) is 0.429. The fourth-order valence-electron chi connectivity index (χ4n) is 3.23. The number of aromatic nitrogens is 2. The Morgan fingerprint density at radius 3 is 2.42 bits per heavy atom. The van der Waals surface area contributed by atoms with Crippen molar-refractivity contribution in [2.24, 2.45) is 0 Å². The van der Waals surface area contributed by atoms with E-state index in [2.05, 4.69) is 15.3 Å². The number of amides is 2. The van der Waals surface area contributed by atoms with E-state index in [9.17, 15) is 14.0 Å². The maximum Gasteiger partial charge on any atom is 0.254 e. The standard InChI is InChI=1S/C24H20FN5O2S/c25-20-4-2-1-3-18(20)13-30(23(32)17-9-11-27-12-10-17)14-22(31)28-19-7-5-16(6-8-19)21-15-33-24(26)29-21/h1-12,15H,13-14H2,(H2,26,29)(H,28,31). The van der Waals surface area contributed by atoms with E-state index < -0.39 is 17.6 Å². The second-order valence-corrected chi connectivity index (χ2v) is 8.07. The second-order valence-electron chi connectivity index (χ2n) is 7.19. The molecule has 33 heavy (non-hydrogen) atoms. The predicted molar refractivity (Wildman–Crippen MR) is 126 cm³/mol. The normalized spacial score (nSPS) is 10.6. The number of carbonyl (C=O) groups excluding carboxylic acids is 2. The fourth-order valence-corrected chi connectivity index (χ4v) is 3.80. The SMILES string of the molecule is Nc1nc(-c2ccc(NC(=O)CN(Cc3ccccc3F)C(=O)c3ccncc3)cc2)cs1. The lowest BCUT2D eigenvalue weighted by atomic mass is 10.1. The van der Waals surface area contributed by atoms with Gasteiger partial charge in [-0.25, -0.2) is 9.37 Å². The van der Waals surface area contributed by atoms with E-state index in [1.165, 1.54) is 34.7 Å². The lowest BCUT2D eigenvalue weighted by Crippen LogP contribution is -2.37. The molecule has 166 valence electrons. The molecule has 2 aromatic heterocycles. The summed E-state index contributed by atoms with van der Waals surface area (Å²) in [6.45, 7) is -0.300. The van der Waals surface area contributed by atoms with Crippen molar-refractivity contribution in [1.82, 2.24) is 14.9 Å². The Morgan fingerprint density at radius 1 is 1.03 bits per heavy atom. The molecular formula is C24H20FN5O2S. The number of thiazole rings is 1. The van der Waals surface area contributed by atoms with E-state index in [0.29, 0.717) is 21.9 Å². The van der Waals surface area contributed by atoms with Crippen LogP contribution in [0.5, 0.6) is 0 Å². The molecule has 4 aromatic rings. The third kappa shape index (κ3) is 5.58. The summed E-state index contributed by atoms with van der Waals surface area (Å²) in [4.78, 5) is 35.2. The van der Waals surface area contributed by atoms with Crippen molar-refractivity contribution in [3.8, 4) is 11.3 Å². The van der Waals surface area contributed by atoms with Gasteiger partial charge in [-0.2, -0.15) is 0 Å². The number of halogens is 1. The fraction of sp³-hybridized carbons (Fsp3) is 0.0833. The van der Waals surface area contributed by atoms with Crippen LogP contribution in [0.1, 0.15) is 15.9 Å². The van der Waals surface area contributed by atoms with Crippen LogP contribution in [0.15, 0.2) is 78.4 Å². The van der Waals surface area contributed by atoms with Crippen LogP contribution in [0, 0.1) is 5.82 Å². The molecule has 0 radical (unpaired) electrons. The van der Waals surface area contributed by atoms with Crippen LogP contribution in [0.2, 0.25) is 0 Å². The topological polar surface area (TPSA) is 101 Å². The Balaban J connectivity index is 1.48. The predicted octanol–water partition coefficient (Wildman–Crippen LogP) is 4.21. The third-order valence-corrected chi connectivity index (χ3v) is 5.53. The zero-order chi connectivity index (χ0) is 23.2. The smallest absolute Gasteiger partial charge is 0.254 e. The number of carbonyl (C=O) groups is 2. The Labute approximate surface area is 193 Å². The van der Waals surface area contributed by atoms with Crippen molar-refractivity contribution in [3.05, 3.63) is 95.4 Å². The Morgan fingerprint density at radius 2 is 1.76 bits per heavy atom. The molecule has 0 saturated heterocycles. The number of hydrogen-bond donors (Lipinski definition) is 2. The Hall–Kier alpha value is -4.11. The molecule has 7 nitrogen and oxygen atoms in total. The van der Waals surface area contributed by atoms with Crippen molar-refractivity contribution in [2.45, 2.75) is 6.54 Å². The van der Waals surface area contributed by atoms with Gasteiger partial charge in [0.25, 0.3) is 5.91 Å². The minimum absolute atomic E-state index is 0.0502. The minimum atomic E-state index is -0.441. The van der Waals surface area contributed by atoms with E-state index in [0.717, 1.165) is 11.3 Å². The number of nitrogens with two attached hydrogens (primary N) is 1. The van der Waals surface area contributed by atoms with Crippen LogP contribution in [0.4, 0.5) is 15.2 Å². The first-order chi connectivity index (χ1) is 16.0. The first-order valence-corrected chi connectivity index (χ1v) is 10.9. The summed E-state index contributed by atoms with van der Waals surface area (Å²) < 4.78 is 14.2. The van der Waals surface area contributed by atoms with Crippen molar-refractivity contribution >= 4 is 34.0 Å². The van der Waals surface area contributed by atoms with Gasteiger partial charge in [-0.05, 0) is 30.3 Å². The number of nitrogens with zero attached hydrogens (tertiary/aromatic N) is 3. The largest absolute Gasteiger partial charge is 0.375 e. The summed E-state index contributed by atoms with van der Waals surface area (Å²) in [5.74, 6) is -1.24. The van der Waals surface area contributed by atoms with Gasteiger partial charge in [0.05, 0.1) is 5.69 Å². The molecule has 2 heterocycles. The first-order valence-electron chi connectivity index (χ1n) is 10.0. The minimum Gasteiger partial charge on any atom is -0.375 e. The number of anilines is 2. The average molecular weight is 462 g/mol. The molecule has 0 aliphatic heterocycles. The molecule has 0 saturated carbocycles. The van der Waals surface area contributed by atoms with Gasteiger partial charge < -0.3 is 16.0 Å². The molecule has 0 spiro atoms. The van der Waals surface area contributed by atoms with Crippen molar-refractivity contribution < 1.29 is 14.0 Å². The first kappa shape index (κ1) is 22.1. The highest BCUT2D eigenvalue weighted by molar-refractivity contribution is 7.13. The summed E-state index contributed by atoms with van der Waals surface area (Å²) in [5, 5.41) is 5.12. The monoisotopic (exact) mass is 461 g/mol. The number of nitrogens with one attached hydrogen (secondary N) is 1. The highest BCUT2D eigenvalue weighted by Gasteiger charge is 2.20. The van der Waals surface area contributed by atoms with Gasteiger partial charge >= 0.3 is 0 Å². The maximum atomic E-state index is 14.2. The van der Waals surface area contributed by atoms with Gasteiger partial charge in [0.2, 0.25) is 5.91 Å². The molecule has 0 atom stereocenters. The third-order valence-electron chi connectivity index (χ3n) is 4.85. The maximum absolute atomic E-state index is 14.2. The molecule has 0 bridgehead atoms. The van der Waals surface area contributed by atoms with Crippen molar-refractivity contribution in [3.63, 3.8) is 0 Å². The van der Waals surface area contributed by atoms with E-state index in [1.807, 2.05) is 17.5 Å². The second kappa shape index (κ2) is 10.0. The molecule has 3 N–H and O–H groups in total. The number of benzene rings is 2. The zero-order valence-electron chi connectivity index (χ0n) is 17.4. The molecule has 4 rings (SSSR count). The van der Waals surface area contributed by atoms with Crippen LogP contribution < -0.4 is 11.1 Å². The molecule has 0 aliphatic rings. The lowest BCUT2D eigenvalue weighted by molar-refractivity contribution is -0.117. The van der Waals surface area contributed by atoms with Crippen LogP contribution in [-0.2, 0) is 11.3 Å². The van der Waals surface area contributed by atoms with Crippen molar-refractivity contribution in [1.29, 1.82) is 0 Å². The van der Waals surface area contributed by atoms with E-state index in [-0.39, 0.29) is 13.1 Å². The number of pyridine rings is 1. The van der Waals surface area contributed by atoms with Gasteiger partial charge in [0, 0.05) is 46.7 Å². The van der Waals surface area contributed by atoms with Gasteiger partial charge in [-0.15, -0.1) is 11.3 Å². The van der Waals surface area contributed by atoms with E-state index in [4.69, 9.17) is 5.73 Å². The highest BCUT2D eigenvalue weighted by atomic mass is 32.1. The van der Waals surface area contributed by atoms with Gasteiger partial charge in [0.15, 0.2) is 5.13 Å². The molecule has 9 heteroatoms. The van der Waals surface area contributed by atoms with Gasteiger partial charge in [-0.3, -0.25) is 14.6 Å². The number of rotatable bonds is 7. The zero-order valence-corrected chi connectivity index (χ0v) is 18.3. The average Bonchev–Trinajstić information content (AvgIpc) is 3.27. The lowest BCUT2D eigenvalue weighted by Gasteiger charge is -2.23. The van der Waals surface area contributed by atoms with Crippen LogP contribution in [-0.4, -0.2) is 33.2 Å². The van der Waals surface area contributed by atoms with Gasteiger partial charge in [-0.1, -0.05) is 30.3 Å². The van der Waals surface area contributed by atoms with Crippen LogP contribution >= 0.6 is 11.3 Å². The molecule has 2 aromatic carbocycles. The summed E-state index contributed by atoms with van der Waals surface area (Å²) in [6, 6.07) is 16.4. The Kier molecular flexibility index (Phi) is 6.70. The Bertz CT molecular complexity index is 1260. The van der Waals surface area contributed by atoms with Crippen molar-refractivity contribution in [2.75, 3.05) is 17.6 Å². The molecule has 0 unspecified atom stereocenters. The van der Waals surface area contributed by atoms with Crippen LogP contribution in [0.3, 0.4) is 0 Å². The molecule has 0 fully saturated rings. The van der Waals surface area contributed by atoms with E-state index >= 15 is 0 Å². The van der Waals surface area contributed by atoms with Crippen LogP contribution in [0.25, 0.3) is 11.3 Å². The number of hydrogen-bond acceptors (Lipinski definition) is 6. The summed E-state index contributed by atoms with van der Waals surface area (Å²) in [7, 11) is 0. The molecule has 0 aliphatic carbocycles. The molecular weight excluding hydrogens is 441 g/mol. The summed E-state index contributed by atoms with van der Waals surface area (Å²) in [6.07, 6.45) is 2.98. The summed E-state index contributed by atoms with van der Waals surface area (Å²) >= 11 is 1.35. The van der Waals surface area contributed by atoms with Gasteiger partial charge in [0.1, 0.15) is 12.4 Å².